The Balaban J connectivity index is 2.76. The standard InChI is InChI=1S/C16H27NO4S/c1-16(2,3)22(20,21)17-14(11-15(19)12-18)10-9-13-7-5-4-6-8-13/h4-8,14-15,17-19H,9-12H2,1-3H3/t14-,15+/m0/s1. The first-order valence-corrected chi connectivity index (χ1v) is 8.99. The van der Waals surface area contributed by atoms with Crippen molar-refractivity contribution in [3.63, 3.8) is 0 Å². The van der Waals surface area contributed by atoms with Gasteiger partial charge in [-0.2, -0.15) is 0 Å². The molecule has 126 valence electrons. The van der Waals surface area contributed by atoms with Crippen molar-refractivity contribution in [1.29, 1.82) is 0 Å². The lowest BCUT2D eigenvalue weighted by molar-refractivity contribution is 0.0804. The molecule has 0 amide bonds. The van der Waals surface area contributed by atoms with Crippen molar-refractivity contribution in [1.82, 2.24) is 4.72 Å². The molecule has 2 atom stereocenters. The first-order valence-electron chi connectivity index (χ1n) is 7.50. The van der Waals surface area contributed by atoms with E-state index in [0.717, 1.165) is 5.56 Å². The predicted molar refractivity (Wildman–Crippen MR) is 88.1 cm³/mol. The molecular weight excluding hydrogens is 302 g/mol. The maximum atomic E-state index is 12.3. The van der Waals surface area contributed by atoms with E-state index in [-0.39, 0.29) is 13.0 Å². The molecule has 0 aromatic heterocycles. The van der Waals surface area contributed by atoms with E-state index in [1.807, 2.05) is 30.3 Å². The molecule has 0 fully saturated rings. The third-order valence-electron chi connectivity index (χ3n) is 3.52. The Morgan fingerprint density at radius 3 is 2.27 bits per heavy atom. The van der Waals surface area contributed by atoms with Crippen molar-refractivity contribution in [3.05, 3.63) is 35.9 Å². The van der Waals surface area contributed by atoms with Crippen LogP contribution in [0.25, 0.3) is 0 Å². The molecule has 22 heavy (non-hydrogen) atoms. The zero-order valence-electron chi connectivity index (χ0n) is 13.5. The summed E-state index contributed by atoms with van der Waals surface area (Å²) in [5, 5.41) is 18.6. The van der Waals surface area contributed by atoms with Gasteiger partial charge in [0.05, 0.1) is 17.5 Å². The van der Waals surface area contributed by atoms with Crippen molar-refractivity contribution in [3.8, 4) is 0 Å². The molecule has 0 aliphatic carbocycles. The van der Waals surface area contributed by atoms with Crippen LogP contribution < -0.4 is 4.72 Å². The number of nitrogens with one attached hydrogen (secondary N) is 1. The first-order chi connectivity index (χ1) is 10.2. The Morgan fingerprint density at radius 2 is 1.77 bits per heavy atom. The fourth-order valence-corrected chi connectivity index (χ4v) is 3.02. The van der Waals surface area contributed by atoms with E-state index in [1.54, 1.807) is 20.8 Å². The SMILES string of the molecule is CC(C)(C)S(=O)(=O)N[C@@H](CCc1ccccc1)C[C@@H](O)CO. The molecule has 0 heterocycles. The van der Waals surface area contributed by atoms with E-state index >= 15 is 0 Å². The average molecular weight is 329 g/mol. The molecule has 0 spiro atoms. The maximum Gasteiger partial charge on any atom is 0.216 e. The minimum Gasteiger partial charge on any atom is -0.394 e. The van der Waals surface area contributed by atoms with E-state index in [1.165, 1.54) is 0 Å². The van der Waals surface area contributed by atoms with Crippen LogP contribution in [-0.4, -0.2) is 42.1 Å². The summed E-state index contributed by atoms with van der Waals surface area (Å²) < 4.78 is 26.3. The molecule has 0 saturated carbocycles. The molecule has 0 radical (unpaired) electrons. The third kappa shape index (κ3) is 6.04. The van der Waals surface area contributed by atoms with Gasteiger partial charge in [-0.25, -0.2) is 13.1 Å². The largest absolute Gasteiger partial charge is 0.394 e. The number of aliphatic hydroxyl groups is 2. The average Bonchev–Trinajstić information content (AvgIpc) is 2.44. The molecule has 5 nitrogen and oxygen atoms in total. The number of rotatable bonds is 8. The van der Waals surface area contributed by atoms with E-state index in [0.29, 0.717) is 12.8 Å². The minimum absolute atomic E-state index is 0.193. The van der Waals surface area contributed by atoms with Gasteiger partial charge >= 0.3 is 0 Å². The lowest BCUT2D eigenvalue weighted by Gasteiger charge is -2.26. The lowest BCUT2D eigenvalue weighted by atomic mass is 10.0. The number of hydrogen-bond acceptors (Lipinski definition) is 4. The van der Waals surface area contributed by atoms with Crippen LogP contribution in [0.4, 0.5) is 0 Å². The highest BCUT2D eigenvalue weighted by Crippen LogP contribution is 2.17. The van der Waals surface area contributed by atoms with Gasteiger partial charge in [-0.05, 0) is 45.6 Å². The van der Waals surface area contributed by atoms with Crippen molar-refractivity contribution in [2.75, 3.05) is 6.61 Å². The molecule has 0 aliphatic heterocycles. The zero-order chi connectivity index (χ0) is 16.8. The second kappa shape index (κ2) is 8.06. The summed E-state index contributed by atoms with van der Waals surface area (Å²) in [6.45, 7) is 4.52. The highest BCUT2D eigenvalue weighted by molar-refractivity contribution is 7.90. The first kappa shape index (κ1) is 19.1. The molecule has 0 aliphatic rings. The van der Waals surface area contributed by atoms with E-state index < -0.39 is 26.9 Å². The Kier molecular flexibility index (Phi) is 6.99. The van der Waals surface area contributed by atoms with Gasteiger partial charge in [0.15, 0.2) is 0 Å². The molecule has 0 saturated heterocycles. The highest BCUT2D eigenvalue weighted by Gasteiger charge is 2.31. The molecule has 1 rings (SSSR count). The fourth-order valence-electron chi connectivity index (χ4n) is 2.01. The van der Waals surface area contributed by atoms with Crippen LogP contribution in [0.1, 0.15) is 39.2 Å². The van der Waals surface area contributed by atoms with Crippen LogP contribution in [0.15, 0.2) is 30.3 Å². The second-order valence-electron chi connectivity index (χ2n) is 6.53. The van der Waals surface area contributed by atoms with Crippen molar-refractivity contribution in [2.24, 2.45) is 0 Å². The van der Waals surface area contributed by atoms with Gasteiger partial charge in [-0.1, -0.05) is 30.3 Å². The summed E-state index contributed by atoms with van der Waals surface area (Å²) in [7, 11) is -3.50. The van der Waals surface area contributed by atoms with Gasteiger partial charge in [0.1, 0.15) is 0 Å². The molecule has 3 N–H and O–H groups in total. The maximum absolute atomic E-state index is 12.3. The van der Waals surface area contributed by atoms with Gasteiger partial charge in [0, 0.05) is 6.04 Å². The van der Waals surface area contributed by atoms with Crippen LogP contribution in [0.5, 0.6) is 0 Å². The van der Waals surface area contributed by atoms with Crippen LogP contribution in [0.2, 0.25) is 0 Å². The zero-order valence-corrected chi connectivity index (χ0v) is 14.3. The van der Waals surface area contributed by atoms with Gasteiger partial charge in [-0.15, -0.1) is 0 Å². The Labute approximate surface area is 133 Å². The number of sulfonamides is 1. The van der Waals surface area contributed by atoms with Crippen LogP contribution in [-0.2, 0) is 16.4 Å². The second-order valence-corrected chi connectivity index (χ2v) is 8.99. The smallest absolute Gasteiger partial charge is 0.216 e. The Bertz CT molecular complexity index is 537. The minimum atomic E-state index is -3.50. The van der Waals surface area contributed by atoms with Crippen LogP contribution in [0.3, 0.4) is 0 Å². The Hall–Kier alpha value is -0.950. The highest BCUT2D eigenvalue weighted by atomic mass is 32.2. The molecule has 1 aromatic carbocycles. The summed E-state index contributed by atoms with van der Waals surface area (Å²) >= 11 is 0. The lowest BCUT2D eigenvalue weighted by Crippen LogP contribution is -2.46. The van der Waals surface area contributed by atoms with E-state index in [4.69, 9.17) is 5.11 Å². The number of aryl methyl sites for hydroxylation is 1. The number of aliphatic hydroxyl groups excluding tert-OH is 2. The summed E-state index contributed by atoms with van der Waals surface area (Å²) in [5.74, 6) is 0. The molecule has 6 heteroatoms. The van der Waals surface area contributed by atoms with E-state index in [9.17, 15) is 13.5 Å². The Morgan fingerprint density at radius 1 is 1.18 bits per heavy atom. The molecule has 0 bridgehead atoms. The predicted octanol–water partition coefficient (Wildman–Crippen LogP) is 1.45. The third-order valence-corrected chi connectivity index (χ3v) is 5.78. The fraction of sp³-hybridized carbons (Fsp3) is 0.625. The van der Waals surface area contributed by atoms with Crippen molar-refractivity contribution >= 4 is 10.0 Å². The van der Waals surface area contributed by atoms with Gasteiger partial charge < -0.3 is 10.2 Å². The van der Waals surface area contributed by atoms with E-state index in [2.05, 4.69) is 4.72 Å². The van der Waals surface area contributed by atoms with Crippen molar-refractivity contribution < 1.29 is 18.6 Å². The molecule has 0 unspecified atom stereocenters. The number of hydrogen-bond donors (Lipinski definition) is 3. The quantitative estimate of drug-likeness (QED) is 0.674. The normalized spacial score (nSPS) is 15.5. The summed E-state index contributed by atoms with van der Waals surface area (Å²) in [6, 6.07) is 9.36. The van der Waals surface area contributed by atoms with Gasteiger partial charge in [-0.3, -0.25) is 0 Å². The molecular formula is C16H27NO4S. The number of benzene rings is 1. The topological polar surface area (TPSA) is 86.6 Å². The molecule has 1 aromatic rings. The van der Waals surface area contributed by atoms with Gasteiger partial charge in [0.2, 0.25) is 10.0 Å². The van der Waals surface area contributed by atoms with Gasteiger partial charge in [0.25, 0.3) is 0 Å². The summed E-state index contributed by atoms with van der Waals surface area (Å²) in [6.07, 6.45) is 0.536. The monoisotopic (exact) mass is 329 g/mol. The summed E-state index contributed by atoms with van der Waals surface area (Å²) in [4.78, 5) is 0. The summed E-state index contributed by atoms with van der Waals surface area (Å²) in [5.41, 5.74) is 1.11. The van der Waals surface area contributed by atoms with Crippen molar-refractivity contribution in [2.45, 2.75) is 56.9 Å². The van der Waals surface area contributed by atoms with Crippen LogP contribution in [0, 0.1) is 0 Å². The van der Waals surface area contributed by atoms with Crippen LogP contribution >= 0.6 is 0 Å².